The third kappa shape index (κ3) is 2.72. The van der Waals surface area contributed by atoms with Crippen LogP contribution in [0.3, 0.4) is 0 Å². The maximum absolute atomic E-state index is 12.6. The number of rotatable bonds is 4. The van der Waals surface area contributed by atoms with Crippen molar-refractivity contribution in [3.8, 4) is 11.1 Å². The van der Waals surface area contributed by atoms with Gasteiger partial charge in [-0.1, -0.05) is 23.7 Å². The van der Waals surface area contributed by atoms with Gasteiger partial charge in [-0.3, -0.25) is 9.59 Å². The van der Waals surface area contributed by atoms with Crippen molar-refractivity contribution in [3.05, 3.63) is 64.3 Å². The molecule has 0 fully saturated rings. The molecule has 0 unspecified atom stereocenters. The van der Waals surface area contributed by atoms with Crippen molar-refractivity contribution in [1.29, 1.82) is 0 Å². The van der Waals surface area contributed by atoms with Crippen LogP contribution in [0.4, 0.5) is 0 Å². The minimum absolute atomic E-state index is 0.108. The van der Waals surface area contributed by atoms with Crippen molar-refractivity contribution in [2.45, 2.75) is 13.0 Å². The highest BCUT2D eigenvalue weighted by molar-refractivity contribution is 6.30. The number of benzene rings is 1. The number of aryl methyl sites for hydroxylation is 1. The molecule has 1 N–H and O–H groups in total. The molecule has 0 radical (unpaired) electrons. The lowest BCUT2D eigenvalue weighted by atomic mass is 10.1. The lowest BCUT2D eigenvalue weighted by Crippen LogP contribution is -2.21. The number of aromatic nitrogens is 4. The van der Waals surface area contributed by atoms with Crippen LogP contribution in [0, 0.1) is 0 Å². The van der Waals surface area contributed by atoms with Gasteiger partial charge in [0.05, 0.1) is 23.5 Å². The number of hydrogen-bond acceptors (Lipinski definition) is 4. The molecule has 8 heteroatoms. The van der Waals surface area contributed by atoms with E-state index in [0.717, 1.165) is 11.1 Å². The standard InChI is InChI=1S/C18H13ClN4O3/c19-12-3-1-11(2-4-12)13-10-21-23-15-5-7-22(8-6-16(24)25)18(26)14(15)9-20-17(13)23/h1-5,7,9-10H,6,8H2,(H,24,25). The first kappa shape index (κ1) is 16.3. The summed E-state index contributed by atoms with van der Waals surface area (Å²) in [6.07, 6.45) is 4.66. The van der Waals surface area contributed by atoms with Gasteiger partial charge in [-0.05, 0) is 23.8 Å². The van der Waals surface area contributed by atoms with Crippen LogP contribution in [0.2, 0.25) is 5.02 Å². The molecule has 0 saturated carbocycles. The number of carbonyl (C=O) groups is 1. The van der Waals surface area contributed by atoms with E-state index in [1.54, 1.807) is 35.1 Å². The molecule has 26 heavy (non-hydrogen) atoms. The van der Waals surface area contributed by atoms with Crippen LogP contribution in [0.5, 0.6) is 0 Å². The summed E-state index contributed by atoms with van der Waals surface area (Å²) in [5, 5.41) is 14.2. The molecule has 0 bridgehead atoms. The highest BCUT2D eigenvalue weighted by Gasteiger charge is 2.13. The van der Waals surface area contributed by atoms with Gasteiger partial charge < -0.3 is 9.67 Å². The Labute approximate surface area is 152 Å². The first-order chi connectivity index (χ1) is 12.5. The van der Waals surface area contributed by atoms with Gasteiger partial charge in [0.25, 0.3) is 5.56 Å². The summed E-state index contributed by atoms with van der Waals surface area (Å²) in [5.74, 6) is -0.953. The highest BCUT2D eigenvalue weighted by atomic mass is 35.5. The Balaban J connectivity index is 1.86. The molecule has 0 atom stereocenters. The molecular formula is C18H13ClN4O3. The molecule has 0 aliphatic heterocycles. The zero-order valence-corrected chi connectivity index (χ0v) is 14.2. The fraction of sp³-hybridized carbons (Fsp3) is 0.111. The molecule has 0 aliphatic rings. The lowest BCUT2D eigenvalue weighted by molar-refractivity contribution is -0.137. The van der Waals surface area contributed by atoms with Gasteiger partial charge in [0.1, 0.15) is 0 Å². The molecule has 130 valence electrons. The fourth-order valence-electron chi connectivity index (χ4n) is 2.88. The van der Waals surface area contributed by atoms with Crippen LogP contribution in [0.1, 0.15) is 6.42 Å². The van der Waals surface area contributed by atoms with Crippen LogP contribution in [0.15, 0.2) is 53.7 Å². The van der Waals surface area contributed by atoms with E-state index in [9.17, 15) is 9.59 Å². The van der Waals surface area contributed by atoms with Gasteiger partial charge in [0.2, 0.25) is 0 Å². The number of nitrogens with zero attached hydrogens (tertiary/aromatic N) is 4. The normalized spacial score (nSPS) is 11.3. The molecule has 1 aromatic carbocycles. The molecule has 0 aliphatic carbocycles. The van der Waals surface area contributed by atoms with Crippen molar-refractivity contribution in [2.24, 2.45) is 0 Å². The highest BCUT2D eigenvalue weighted by Crippen LogP contribution is 2.26. The Kier molecular flexibility index (Phi) is 3.93. The number of carboxylic acids is 1. The Bertz CT molecular complexity index is 1190. The van der Waals surface area contributed by atoms with Crippen molar-refractivity contribution >= 4 is 34.1 Å². The van der Waals surface area contributed by atoms with E-state index in [1.165, 1.54) is 10.8 Å². The topological polar surface area (TPSA) is 89.5 Å². The van der Waals surface area contributed by atoms with E-state index in [4.69, 9.17) is 16.7 Å². The predicted molar refractivity (Wildman–Crippen MR) is 97.5 cm³/mol. The van der Waals surface area contributed by atoms with Gasteiger partial charge >= 0.3 is 5.97 Å². The molecule has 4 aromatic rings. The number of halogens is 1. The summed E-state index contributed by atoms with van der Waals surface area (Å²) in [5.41, 5.74) is 2.71. The first-order valence-corrected chi connectivity index (χ1v) is 8.26. The minimum Gasteiger partial charge on any atom is -0.481 e. The smallest absolute Gasteiger partial charge is 0.305 e. The summed E-state index contributed by atoms with van der Waals surface area (Å²) < 4.78 is 2.98. The Morgan fingerprint density at radius 1 is 1.15 bits per heavy atom. The van der Waals surface area contributed by atoms with Crippen LogP contribution in [-0.2, 0) is 11.3 Å². The summed E-state index contributed by atoms with van der Waals surface area (Å²) in [4.78, 5) is 27.7. The third-order valence-corrected chi connectivity index (χ3v) is 4.44. The van der Waals surface area contributed by atoms with Crippen LogP contribution < -0.4 is 5.56 Å². The number of pyridine rings is 1. The fourth-order valence-corrected chi connectivity index (χ4v) is 3.01. The van der Waals surface area contributed by atoms with Gasteiger partial charge in [-0.15, -0.1) is 0 Å². The van der Waals surface area contributed by atoms with E-state index in [0.29, 0.717) is 21.6 Å². The number of fused-ring (bicyclic) bond motifs is 3. The Morgan fingerprint density at radius 3 is 2.65 bits per heavy atom. The van der Waals surface area contributed by atoms with E-state index in [1.807, 2.05) is 12.1 Å². The Morgan fingerprint density at radius 2 is 1.92 bits per heavy atom. The van der Waals surface area contributed by atoms with Gasteiger partial charge in [-0.25, -0.2) is 9.50 Å². The molecule has 7 nitrogen and oxygen atoms in total. The first-order valence-electron chi connectivity index (χ1n) is 7.88. The SMILES string of the molecule is O=C(O)CCn1ccc2c(cnc3c(-c4ccc(Cl)cc4)cnn32)c1=O. The molecule has 0 spiro atoms. The van der Waals surface area contributed by atoms with Gasteiger partial charge in [0, 0.05) is 29.5 Å². The third-order valence-electron chi connectivity index (χ3n) is 4.19. The molecule has 4 rings (SSSR count). The quantitative estimate of drug-likeness (QED) is 0.598. The zero-order chi connectivity index (χ0) is 18.3. The molecular weight excluding hydrogens is 356 g/mol. The van der Waals surface area contributed by atoms with E-state index in [-0.39, 0.29) is 18.5 Å². The van der Waals surface area contributed by atoms with Crippen molar-refractivity contribution in [3.63, 3.8) is 0 Å². The van der Waals surface area contributed by atoms with Crippen LogP contribution in [-0.4, -0.2) is 30.2 Å². The summed E-state index contributed by atoms with van der Waals surface area (Å²) in [6.45, 7) is 0.108. The second kappa shape index (κ2) is 6.27. The summed E-state index contributed by atoms with van der Waals surface area (Å²) in [6, 6.07) is 9.10. The van der Waals surface area contributed by atoms with Crippen LogP contribution >= 0.6 is 11.6 Å². The second-order valence-electron chi connectivity index (χ2n) is 5.82. The van der Waals surface area contributed by atoms with E-state index < -0.39 is 5.97 Å². The summed E-state index contributed by atoms with van der Waals surface area (Å²) in [7, 11) is 0. The molecule has 0 saturated heterocycles. The molecule has 0 amide bonds. The Hall–Kier alpha value is -3.19. The lowest BCUT2D eigenvalue weighted by Gasteiger charge is -2.07. The van der Waals surface area contributed by atoms with E-state index >= 15 is 0 Å². The number of hydrogen-bond donors (Lipinski definition) is 1. The second-order valence-corrected chi connectivity index (χ2v) is 6.25. The summed E-state index contributed by atoms with van der Waals surface area (Å²) >= 11 is 5.94. The van der Waals surface area contributed by atoms with Crippen molar-refractivity contribution in [1.82, 2.24) is 19.2 Å². The van der Waals surface area contributed by atoms with Gasteiger partial charge in [0.15, 0.2) is 5.65 Å². The molecule has 3 aromatic heterocycles. The number of aliphatic carboxylic acids is 1. The minimum atomic E-state index is -0.953. The van der Waals surface area contributed by atoms with Crippen molar-refractivity contribution < 1.29 is 9.90 Å². The number of carboxylic acid groups (broad SMARTS) is 1. The maximum atomic E-state index is 12.6. The molecule has 3 heterocycles. The van der Waals surface area contributed by atoms with E-state index in [2.05, 4.69) is 10.1 Å². The average molecular weight is 369 g/mol. The maximum Gasteiger partial charge on any atom is 0.305 e. The predicted octanol–water partition coefficient (Wildman–Crippen LogP) is 2.84. The van der Waals surface area contributed by atoms with Crippen molar-refractivity contribution in [2.75, 3.05) is 0 Å². The zero-order valence-electron chi connectivity index (χ0n) is 13.5. The van der Waals surface area contributed by atoms with Crippen LogP contribution in [0.25, 0.3) is 27.7 Å². The average Bonchev–Trinajstić information content (AvgIpc) is 3.06. The monoisotopic (exact) mass is 368 g/mol. The van der Waals surface area contributed by atoms with Gasteiger partial charge in [-0.2, -0.15) is 5.10 Å². The largest absolute Gasteiger partial charge is 0.481 e.